The number of aliphatic hydroxyl groups is 2. The maximum absolute atomic E-state index is 13.6. The molecule has 10 heteroatoms. The molecule has 40 heavy (non-hydrogen) atoms. The average molecular weight is 576 g/mol. The molecule has 6 atom stereocenters. The first-order valence-corrected chi connectivity index (χ1v) is 15.4. The molecule has 2 aromatic rings. The molecular formula is C30H41NO8S. The average Bonchev–Trinajstić information content (AvgIpc) is 3.50. The highest BCUT2D eigenvalue weighted by Gasteiger charge is 2.48. The molecule has 0 bridgehead atoms. The van der Waals surface area contributed by atoms with Gasteiger partial charge in [0.15, 0.2) is 0 Å². The number of hydrogen-bond donors (Lipinski definition) is 2. The Morgan fingerprint density at radius 3 is 2.42 bits per heavy atom. The van der Waals surface area contributed by atoms with Gasteiger partial charge in [-0.25, -0.2) is 8.42 Å². The molecule has 1 aliphatic heterocycles. The molecule has 4 rings (SSSR count). The van der Waals surface area contributed by atoms with Crippen LogP contribution >= 0.6 is 0 Å². The minimum absolute atomic E-state index is 0.00753. The second kappa shape index (κ2) is 13.4. The lowest BCUT2D eigenvalue weighted by Gasteiger charge is -2.30. The summed E-state index contributed by atoms with van der Waals surface area (Å²) >= 11 is 0. The van der Waals surface area contributed by atoms with Crippen LogP contribution in [0.4, 0.5) is 0 Å². The van der Waals surface area contributed by atoms with Gasteiger partial charge in [-0.05, 0) is 55.0 Å². The molecule has 1 heterocycles. The lowest BCUT2D eigenvalue weighted by molar-refractivity contribution is -0.154. The fraction of sp³-hybridized carbons (Fsp3) is 0.567. The van der Waals surface area contributed by atoms with Crippen LogP contribution < -0.4 is 4.74 Å². The third-order valence-electron chi connectivity index (χ3n) is 7.77. The molecule has 0 amide bonds. The molecule has 2 N–H and O–H groups in total. The number of rotatable bonds is 13. The zero-order valence-electron chi connectivity index (χ0n) is 23.4. The summed E-state index contributed by atoms with van der Waals surface area (Å²) < 4.78 is 45.1. The highest BCUT2D eigenvalue weighted by Crippen LogP contribution is 2.38. The Balaban J connectivity index is 1.51. The predicted molar refractivity (Wildman–Crippen MR) is 149 cm³/mol. The van der Waals surface area contributed by atoms with Crippen molar-refractivity contribution in [3.8, 4) is 5.75 Å². The SMILES string of the molecule is COc1ccc(S(=O)(=O)N(CC(C)C)C[C@@H](O)[C@@H](CC(=O)O[C@H]2CC[C@H]3OCC(O)C23)Cc2ccccc2)cc1. The number of fused-ring (bicyclic) bond motifs is 1. The molecule has 220 valence electrons. The van der Waals surface area contributed by atoms with Crippen LogP contribution in [0.3, 0.4) is 0 Å². The van der Waals surface area contributed by atoms with E-state index in [4.69, 9.17) is 14.2 Å². The van der Waals surface area contributed by atoms with E-state index >= 15 is 0 Å². The summed E-state index contributed by atoms with van der Waals surface area (Å²) in [6, 6.07) is 15.6. The molecule has 0 spiro atoms. The van der Waals surface area contributed by atoms with Gasteiger partial charge < -0.3 is 24.4 Å². The smallest absolute Gasteiger partial charge is 0.306 e. The van der Waals surface area contributed by atoms with Crippen molar-refractivity contribution in [1.29, 1.82) is 0 Å². The van der Waals surface area contributed by atoms with E-state index in [0.29, 0.717) is 18.6 Å². The van der Waals surface area contributed by atoms with Crippen LogP contribution in [0.25, 0.3) is 0 Å². The number of carbonyl (C=O) groups excluding carboxylic acids is 1. The molecule has 0 aromatic heterocycles. The van der Waals surface area contributed by atoms with E-state index in [1.54, 1.807) is 12.1 Å². The van der Waals surface area contributed by atoms with Crippen LogP contribution in [0.2, 0.25) is 0 Å². The number of esters is 1. The van der Waals surface area contributed by atoms with Crippen molar-refractivity contribution in [3.05, 3.63) is 60.2 Å². The Kier molecular flexibility index (Phi) is 10.2. The van der Waals surface area contributed by atoms with Crippen LogP contribution in [-0.2, 0) is 30.7 Å². The summed E-state index contributed by atoms with van der Waals surface area (Å²) in [6.07, 6.45) is -0.699. The van der Waals surface area contributed by atoms with Gasteiger partial charge in [0.05, 0.1) is 49.3 Å². The van der Waals surface area contributed by atoms with E-state index in [1.807, 2.05) is 44.2 Å². The highest BCUT2D eigenvalue weighted by molar-refractivity contribution is 7.89. The summed E-state index contributed by atoms with van der Waals surface area (Å²) in [5.41, 5.74) is 0.924. The van der Waals surface area contributed by atoms with E-state index < -0.39 is 40.2 Å². The first-order valence-electron chi connectivity index (χ1n) is 13.9. The monoisotopic (exact) mass is 575 g/mol. The number of benzene rings is 2. The Labute approximate surface area is 237 Å². The van der Waals surface area contributed by atoms with Crippen molar-refractivity contribution in [2.24, 2.45) is 17.8 Å². The normalized spacial score (nSPS) is 24.2. The summed E-state index contributed by atoms with van der Waals surface area (Å²) in [6.45, 7) is 4.11. The van der Waals surface area contributed by atoms with E-state index in [9.17, 15) is 23.4 Å². The third-order valence-corrected chi connectivity index (χ3v) is 9.62. The van der Waals surface area contributed by atoms with Gasteiger partial charge in [-0.15, -0.1) is 0 Å². The van der Waals surface area contributed by atoms with Crippen LogP contribution in [0.15, 0.2) is 59.5 Å². The first kappa shape index (κ1) is 30.5. The van der Waals surface area contributed by atoms with Gasteiger partial charge >= 0.3 is 5.97 Å². The maximum atomic E-state index is 13.6. The van der Waals surface area contributed by atoms with Crippen LogP contribution in [0.1, 0.15) is 38.7 Å². The highest BCUT2D eigenvalue weighted by atomic mass is 32.2. The van der Waals surface area contributed by atoms with E-state index in [1.165, 1.54) is 23.5 Å². The van der Waals surface area contributed by atoms with Gasteiger partial charge in [0.25, 0.3) is 0 Å². The summed E-state index contributed by atoms with van der Waals surface area (Å²) in [7, 11) is -2.41. The molecule has 2 unspecified atom stereocenters. The van der Waals surface area contributed by atoms with Gasteiger partial charge in [0.2, 0.25) is 10.0 Å². The molecular weight excluding hydrogens is 534 g/mol. The number of ether oxygens (including phenoxy) is 3. The number of nitrogens with zero attached hydrogens (tertiary/aromatic N) is 1. The van der Waals surface area contributed by atoms with Gasteiger partial charge in [0, 0.05) is 19.0 Å². The minimum atomic E-state index is -3.93. The fourth-order valence-corrected chi connectivity index (χ4v) is 7.36. The Bertz CT molecular complexity index is 1200. The molecule has 2 aromatic carbocycles. The summed E-state index contributed by atoms with van der Waals surface area (Å²) in [5.74, 6) is -0.748. The van der Waals surface area contributed by atoms with Crippen molar-refractivity contribution in [1.82, 2.24) is 4.31 Å². The van der Waals surface area contributed by atoms with Crippen molar-refractivity contribution < 1.29 is 37.6 Å². The zero-order valence-corrected chi connectivity index (χ0v) is 24.2. The minimum Gasteiger partial charge on any atom is -0.497 e. The summed E-state index contributed by atoms with van der Waals surface area (Å²) in [4.78, 5) is 13.2. The van der Waals surface area contributed by atoms with E-state index in [0.717, 1.165) is 12.0 Å². The Morgan fingerprint density at radius 2 is 1.77 bits per heavy atom. The van der Waals surface area contributed by atoms with Crippen molar-refractivity contribution in [3.63, 3.8) is 0 Å². The molecule has 9 nitrogen and oxygen atoms in total. The quantitative estimate of drug-likeness (QED) is 0.350. The van der Waals surface area contributed by atoms with Gasteiger partial charge in [0.1, 0.15) is 11.9 Å². The second-order valence-electron chi connectivity index (χ2n) is 11.2. The number of hydrogen-bond acceptors (Lipinski definition) is 8. The van der Waals surface area contributed by atoms with Crippen molar-refractivity contribution >= 4 is 16.0 Å². The van der Waals surface area contributed by atoms with E-state index in [-0.39, 0.29) is 49.0 Å². The number of aliphatic hydroxyl groups excluding tert-OH is 2. The Hall–Kier alpha value is -2.50. The van der Waals surface area contributed by atoms with Crippen LogP contribution in [0.5, 0.6) is 5.75 Å². The van der Waals surface area contributed by atoms with Crippen LogP contribution in [-0.4, -0.2) is 80.1 Å². The van der Waals surface area contributed by atoms with Crippen LogP contribution in [0, 0.1) is 17.8 Å². The Morgan fingerprint density at radius 1 is 1.07 bits per heavy atom. The molecule has 1 saturated carbocycles. The standard InChI is InChI=1S/C30H41NO8S/c1-20(2)17-31(40(35,36)24-11-9-23(37-3)10-12-24)18-25(32)22(15-21-7-5-4-6-8-21)16-29(34)39-28-14-13-27-30(28)26(33)19-38-27/h4-12,20,22,25-28,30,32-33H,13-19H2,1-3H3/t22-,25-,26?,27-,28+,30?/m1/s1. The molecule has 1 saturated heterocycles. The summed E-state index contributed by atoms with van der Waals surface area (Å²) in [5, 5.41) is 21.7. The van der Waals surface area contributed by atoms with Gasteiger partial charge in [-0.1, -0.05) is 44.2 Å². The molecule has 0 radical (unpaired) electrons. The second-order valence-corrected chi connectivity index (χ2v) is 13.2. The first-order chi connectivity index (χ1) is 19.1. The number of methoxy groups -OCH3 is 1. The van der Waals surface area contributed by atoms with Gasteiger partial charge in [-0.2, -0.15) is 4.31 Å². The molecule has 1 aliphatic carbocycles. The lowest BCUT2D eigenvalue weighted by atomic mass is 9.90. The fourth-order valence-electron chi connectivity index (χ4n) is 5.74. The van der Waals surface area contributed by atoms with Crippen molar-refractivity contribution in [2.45, 2.75) is 68.8 Å². The zero-order chi connectivity index (χ0) is 28.9. The lowest BCUT2D eigenvalue weighted by Crippen LogP contribution is -2.43. The molecule has 2 fully saturated rings. The van der Waals surface area contributed by atoms with Crippen molar-refractivity contribution in [2.75, 3.05) is 26.8 Å². The number of carbonyl (C=O) groups is 1. The third kappa shape index (κ3) is 7.41. The number of sulfonamides is 1. The largest absolute Gasteiger partial charge is 0.497 e. The van der Waals surface area contributed by atoms with E-state index in [2.05, 4.69) is 0 Å². The predicted octanol–water partition coefficient (Wildman–Crippen LogP) is 3.03. The molecule has 2 aliphatic rings. The van der Waals surface area contributed by atoms with Gasteiger partial charge in [-0.3, -0.25) is 4.79 Å². The topological polar surface area (TPSA) is 123 Å². The maximum Gasteiger partial charge on any atom is 0.306 e.